The van der Waals surface area contributed by atoms with Crippen molar-refractivity contribution in [3.8, 4) is 0 Å². The predicted molar refractivity (Wildman–Crippen MR) is 90.0 cm³/mol. The van der Waals surface area contributed by atoms with Crippen molar-refractivity contribution in [3.05, 3.63) is 70.8 Å². The van der Waals surface area contributed by atoms with Crippen LogP contribution in [0.15, 0.2) is 60.7 Å². The molecule has 0 aliphatic carbocycles. The van der Waals surface area contributed by atoms with Crippen LogP contribution in [0.5, 0.6) is 0 Å². The number of anilines is 1. The van der Waals surface area contributed by atoms with Crippen molar-refractivity contribution in [1.29, 1.82) is 0 Å². The van der Waals surface area contributed by atoms with Crippen molar-refractivity contribution in [2.24, 2.45) is 0 Å². The van der Waals surface area contributed by atoms with Crippen LogP contribution in [0.1, 0.15) is 0 Å². The molecule has 0 aliphatic rings. The van der Waals surface area contributed by atoms with Crippen LogP contribution in [0.2, 0.25) is 0 Å². The van der Waals surface area contributed by atoms with Crippen LogP contribution in [-0.4, -0.2) is 4.92 Å². The lowest BCUT2D eigenvalue weighted by Gasteiger charge is -2.06. The van der Waals surface area contributed by atoms with E-state index in [0.717, 1.165) is 38.0 Å². The number of hydrogen-bond donors (Lipinski definition) is 1. The summed E-state index contributed by atoms with van der Waals surface area (Å²) in [6, 6.07) is 19.0. The molecule has 22 heavy (non-hydrogen) atoms. The molecule has 0 saturated carbocycles. The Morgan fingerprint density at radius 2 is 1.18 bits per heavy atom. The van der Waals surface area contributed by atoms with E-state index < -0.39 is 0 Å². The highest BCUT2D eigenvalue weighted by molar-refractivity contribution is 6.05. The van der Waals surface area contributed by atoms with Crippen LogP contribution >= 0.6 is 0 Å². The van der Waals surface area contributed by atoms with Gasteiger partial charge in [-0.15, -0.1) is 0 Å². The van der Waals surface area contributed by atoms with Crippen LogP contribution < -0.4 is 5.73 Å². The quantitative estimate of drug-likeness (QED) is 0.240. The standard InChI is InChI=1S/C18H12N2O2/c19-17-3-1-11-5-14-8-16-10-18(20(21)22)4-2-12(16)6-13(14)7-15(11)9-17/h1-10H,19H2. The van der Waals surface area contributed by atoms with E-state index in [2.05, 4.69) is 18.2 Å². The van der Waals surface area contributed by atoms with Gasteiger partial charge in [-0.1, -0.05) is 6.07 Å². The monoisotopic (exact) mass is 288 g/mol. The maximum Gasteiger partial charge on any atom is 0.270 e. The summed E-state index contributed by atoms with van der Waals surface area (Å²) < 4.78 is 0. The third-order valence-electron chi connectivity index (χ3n) is 3.97. The molecule has 0 fully saturated rings. The van der Waals surface area contributed by atoms with E-state index in [1.165, 1.54) is 6.07 Å². The molecule has 0 unspecified atom stereocenters. The molecular weight excluding hydrogens is 276 g/mol. The van der Waals surface area contributed by atoms with Gasteiger partial charge in [0, 0.05) is 17.8 Å². The second-order valence-corrected chi connectivity index (χ2v) is 5.45. The van der Waals surface area contributed by atoms with Crippen LogP contribution in [0.25, 0.3) is 32.3 Å². The summed E-state index contributed by atoms with van der Waals surface area (Å²) in [4.78, 5) is 10.5. The zero-order valence-electron chi connectivity index (χ0n) is 11.6. The first-order chi connectivity index (χ1) is 10.6. The van der Waals surface area contributed by atoms with Gasteiger partial charge >= 0.3 is 0 Å². The Labute approximate surface area is 125 Å². The lowest BCUT2D eigenvalue weighted by molar-refractivity contribution is -0.384. The molecule has 0 radical (unpaired) electrons. The van der Waals surface area contributed by atoms with E-state index in [9.17, 15) is 10.1 Å². The zero-order valence-corrected chi connectivity index (χ0v) is 11.6. The fourth-order valence-electron chi connectivity index (χ4n) is 2.87. The van der Waals surface area contributed by atoms with Gasteiger partial charge in [-0.3, -0.25) is 10.1 Å². The van der Waals surface area contributed by atoms with Crippen molar-refractivity contribution in [2.75, 3.05) is 5.73 Å². The van der Waals surface area contributed by atoms with Gasteiger partial charge in [0.2, 0.25) is 0 Å². The number of fused-ring (bicyclic) bond motifs is 3. The number of nitro groups is 1. The average Bonchev–Trinajstić information content (AvgIpc) is 2.50. The minimum atomic E-state index is -0.368. The number of benzene rings is 4. The second kappa shape index (κ2) is 4.43. The van der Waals surface area contributed by atoms with Crippen LogP contribution in [0.4, 0.5) is 11.4 Å². The molecular formula is C18H12N2O2. The van der Waals surface area contributed by atoms with Crippen molar-refractivity contribution in [1.82, 2.24) is 0 Å². The first-order valence-corrected chi connectivity index (χ1v) is 6.91. The van der Waals surface area contributed by atoms with E-state index in [-0.39, 0.29) is 10.6 Å². The predicted octanol–water partition coefficient (Wildman–Crippen LogP) is 4.64. The molecule has 4 heteroatoms. The lowest BCUT2D eigenvalue weighted by Crippen LogP contribution is -1.87. The van der Waals surface area contributed by atoms with Gasteiger partial charge in [0.15, 0.2) is 0 Å². The Morgan fingerprint density at radius 1 is 0.682 bits per heavy atom. The first-order valence-electron chi connectivity index (χ1n) is 6.91. The summed E-state index contributed by atoms with van der Waals surface area (Å²) in [6.07, 6.45) is 0. The molecule has 0 aromatic heterocycles. The van der Waals surface area contributed by atoms with Crippen molar-refractivity contribution < 1.29 is 4.92 Å². The van der Waals surface area contributed by atoms with Crippen LogP contribution in [-0.2, 0) is 0 Å². The van der Waals surface area contributed by atoms with Gasteiger partial charge in [0.25, 0.3) is 5.69 Å². The van der Waals surface area contributed by atoms with Gasteiger partial charge < -0.3 is 5.73 Å². The molecule has 4 aromatic carbocycles. The molecule has 0 heterocycles. The number of nitrogens with two attached hydrogens (primary N) is 1. The molecule has 106 valence electrons. The van der Waals surface area contributed by atoms with E-state index in [1.807, 2.05) is 24.3 Å². The minimum Gasteiger partial charge on any atom is -0.399 e. The number of non-ortho nitro benzene ring substituents is 1. The highest BCUT2D eigenvalue weighted by atomic mass is 16.6. The van der Waals surface area contributed by atoms with Crippen molar-refractivity contribution >= 4 is 43.7 Å². The molecule has 0 bridgehead atoms. The number of nitrogen functional groups attached to an aromatic ring is 1. The molecule has 0 atom stereocenters. The topological polar surface area (TPSA) is 69.2 Å². The first kappa shape index (κ1) is 12.6. The summed E-state index contributed by atoms with van der Waals surface area (Å²) in [7, 11) is 0. The second-order valence-electron chi connectivity index (χ2n) is 5.45. The molecule has 4 rings (SSSR count). The maximum absolute atomic E-state index is 10.9. The smallest absolute Gasteiger partial charge is 0.270 e. The van der Waals surface area contributed by atoms with Gasteiger partial charge in [-0.25, -0.2) is 0 Å². The van der Waals surface area contributed by atoms with Gasteiger partial charge in [0.05, 0.1) is 4.92 Å². The summed E-state index contributed by atoms with van der Waals surface area (Å²) in [5, 5.41) is 17.1. The van der Waals surface area contributed by atoms with Gasteiger partial charge in [-0.2, -0.15) is 0 Å². The van der Waals surface area contributed by atoms with E-state index >= 15 is 0 Å². The number of hydrogen-bond acceptors (Lipinski definition) is 3. The Balaban J connectivity index is 2.05. The van der Waals surface area contributed by atoms with E-state index in [0.29, 0.717) is 0 Å². The maximum atomic E-state index is 10.9. The van der Waals surface area contributed by atoms with Crippen LogP contribution in [0, 0.1) is 10.1 Å². The summed E-state index contributed by atoms with van der Waals surface area (Å²) in [5.74, 6) is 0. The lowest BCUT2D eigenvalue weighted by atomic mass is 9.99. The Hall–Kier alpha value is -3.14. The van der Waals surface area contributed by atoms with Gasteiger partial charge in [-0.05, 0) is 74.8 Å². The van der Waals surface area contributed by atoms with Crippen molar-refractivity contribution in [2.45, 2.75) is 0 Å². The van der Waals surface area contributed by atoms with Gasteiger partial charge in [0.1, 0.15) is 0 Å². The van der Waals surface area contributed by atoms with Crippen molar-refractivity contribution in [3.63, 3.8) is 0 Å². The molecule has 4 aromatic rings. The van der Waals surface area contributed by atoms with E-state index in [4.69, 9.17) is 5.73 Å². The van der Waals surface area contributed by atoms with Crippen LogP contribution in [0.3, 0.4) is 0 Å². The number of nitrogens with zero attached hydrogens (tertiary/aromatic N) is 1. The molecule has 0 aliphatic heterocycles. The number of nitro benzene ring substituents is 1. The summed E-state index contributed by atoms with van der Waals surface area (Å²) in [6.45, 7) is 0. The molecule has 0 amide bonds. The minimum absolute atomic E-state index is 0.111. The number of rotatable bonds is 1. The Bertz CT molecular complexity index is 1070. The van der Waals surface area contributed by atoms with E-state index in [1.54, 1.807) is 12.1 Å². The fourth-order valence-corrected chi connectivity index (χ4v) is 2.87. The largest absolute Gasteiger partial charge is 0.399 e. The molecule has 2 N–H and O–H groups in total. The highest BCUT2D eigenvalue weighted by Crippen LogP contribution is 2.30. The summed E-state index contributed by atoms with van der Waals surface area (Å²) in [5.41, 5.74) is 6.69. The average molecular weight is 288 g/mol. The Morgan fingerprint density at radius 3 is 1.82 bits per heavy atom. The third kappa shape index (κ3) is 1.93. The third-order valence-corrected chi connectivity index (χ3v) is 3.97. The molecule has 0 saturated heterocycles. The SMILES string of the molecule is Nc1ccc2cc3cc4cc([N+](=O)[O-])ccc4cc3cc2c1. The molecule has 4 nitrogen and oxygen atoms in total. The highest BCUT2D eigenvalue weighted by Gasteiger charge is 2.07. The normalized spacial score (nSPS) is 11.3. The zero-order chi connectivity index (χ0) is 15.3. The summed E-state index contributed by atoms with van der Waals surface area (Å²) >= 11 is 0. The Kier molecular flexibility index (Phi) is 2.53. The molecule has 0 spiro atoms. The fraction of sp³-hybridized carbons (Fsp3) is 0.